The number of hydrogen-bond acceptors (Lipinski definition) is 2. The molecule has 0 aromatic heterocycles. The Labute approximate surface area is 121 Å². The topological polar surface area (TPSA) is 40.5 Å². The van der Waals surface area contributed by atoms with E-state index in [0.717, 1.165) is 24.0 Å². The zero-order valence-corrected chi connectivity index (χ0v) is 11.9. The summed E-state index contributed by atoms with van der Waals surface area (Å²) in [5.74, 6) is 0. The number of benzene rings is 2. The lowest BCUT2D eigenvalue weighted by Gasteiger charge is -2.11. The van der Waals surface area contributed by atoms with E-state index in [0.29, 0.717) is 5.46 Å². The summed E-state index contributed by atoms with van der Waals surface area (Å²) in [5.41, 5.74) is 3.65. The van der Waals surface area contributed by atoms with Gasteiger partial charge in [0.1, 0.15) is 0 Å². The Morgan fingerprint density at radius 2 is 1.70 bits per heavy atom. The normalized spacial score (nSPS) is 10.6. The zero-order valence-electron chi connectivity index (χ0n) is 11.9. The van der Waals surface area contributed by atoms with Crippen molar-refractivity contribution < 1.29 is 10.0 Å². The predicted molar refractivity (Wildman–Crippen MR) is 84.9 cm³/mol. The maximum Gasteiger partial charge on any atom is 0.489 e. The molecule has 0 saturated carbocycles. The molecule has 3 heteroatoms. The molecule has 0 aliphatic heterocycles. The minimum Gasteiger partial charge on any atom is -0.423 e. The van der Waals surface area contributed by atoms with Crippen LogP contribution in [-0.4, -0.2) is 17.2 Å². The van der Waals surface area contributed by atoms with Gasteiger partial charge in [-0.25, -0.2) is 0 Å². The number of hydrogen-bond donors (Lipinski definition) is 2. The van der Waals surface area contributed by atoms with Crippen molar-refractivity contribution in [1.82, 2.24) is 0 Å². The molecular weight excluding hydrogens is 247 g/mol. The fraction of sp³-hybridized carbons (Fsp3) is 0.294. The van der Waals surface area contributed by atoms with E-state index in [9.17, 15) is 10.0 Å². The van der Waals surface area contributed by atoms with Gasteiger partial charge in [-0.1, -0.05) is 68.3 Å². The molecule has 0 amide bonds. The molecule has 2 N–H and O–H groups in total. The molecule has 0 heterocycles. The molecule has 2 nitrogen and oxygen atoms in total. The lowest BCUT2D eigenvalue weighted by atomic mass is 9.74. The first-order valence-corrected chi connectivity index (χ1v) is 7.26. The first kappa shape index (κ1) is 14.8. The summed E-state index contributed by atoms with van der Waals surface area (Å²) >= 11 is 0. The van der Waals surface area contributed by atoms with Crippen LogP contribution in [0.5, 0.6) is 0 Å². The van der Waals surface area contributed by atoms with Crippen LogP contribution in [0.4, 0.5) is 0 Å². The first-order valence-electron chi connectivity index (χ1n) is 7.26. The van der Waals surface area contributed by atoms with Crippen LogP contribution < -0.4 is 5.46 Å². The third-order valence-corrected chi connectivity index (χ3v) is 3.55. The van der Waals surface area contributed by atoms with Gasteiger partial charge in [-0.3, -0.25) is 0 Å². The molecule has 0 bridgehead atoms. The molecule has 0 saturated heterocycles. The van der Waals surface area contributed by atoms with E-state index in [2.05, 4.69) is 13.0 Å². The van der Waals surface area contributed by atoms with Crippen molar-refractivity contribution in [3.8, 4) is 11.1 Å². The van der Waals surface area contributed by atoms with Gasteiger partial charge in [0.25, 0.3) is 0 Å². The van der Waals surface area contributed by atoms with Crippen LogP contribution in [0.1, 0.15) is 31.7 Å². The maximum atomic E-state index is 9.62. The highest BCUT2D eigenvalue weighted by Crippen LogP contribution is 2.19. The van der Waals surface area contributed by atoms with Crippen molar-refractivity contribution in [1.29, 1.82) is 0 Å². The molecule has 2 rings (SSSR count). The highest BCUT2D eigenvalue weighted by Gasteiger charge is 2.17. The molecule has 2 aromatic carbocycles. The van der Waals surface area contributed by atoms with Gasteiger partial charge in [0, 0.05) is 0 Å². The molecule has 0 radical (unpaired) electrons. The Hall–Kier alpha value is -1.58. The summed E-state index contributed by atoms with van der Waals surface area (Å²) in [5, 5.41) is 19.2. The largest absolute Gasteiger partial charge is 0.489 e. The zero-order chi connectivity index (χ0) is 14.4. The Morgan fingerprint density at radius 3 is 2.35 bits per heavy atom. The van der Waals surface area contributed by atoms with Crippen LogP contribution in [0.15, 0.2) is 48.5 Å². The Balaban J connectivity index is 2.29. The van der Waals surface area contributed by atoms with Crippen LogP contribution in [-0.2, 0) is 6.42 Å². The summed E-state index contributed by atoms with van der Waals surface area (Å²) in [6.07, 6.45) is 4.53. The second-order valence-electron chi connectivity index (χ2n) is 5.12. The highest BCUT2D eigenvalue weighted by atomic mass is 16.4. The van der Waals surface area contributed by atoms with Gasteiger partial charge < -0.3 is 10.0 Å². The van der Waals surface area contributed by atoms with Crippen molar-refractivity contribution in [2.45, 2.75) is 32.6 Å². The van der Waals surface area contributed by atoms with E-state index in [1.807, 2.05) is 42.5 Å². The van der Waals surface area contributed by atoms with E-state index in [1.54, 1.807) is 0 Å². The molecule has 104 valence electrons. The van der Waals surface area contributed by atoms with E-state index in [4.69, 9.17) is 0 Å². The molecular formula is C17H21BO2. The smallest absolute Gasteiger partial charge is 0.423 e. The number of unbranched alkanes of at least 4 members (excludes halogenated alkanes) is 2. The summed E-state index contributed by atoms with van der Waals surface area (Å²) in [6.45, 7) is 2.18. The minimum absolute atomic E-state index is 0.588. The van der Waals surface area contributed by atoms with Gasteiger partial charge in [0.2, 0.25) is 0 Å². The minimum atomic E-state index is -1.43. The molecule has 0 spiro atoms. The summed E-state index contributed by atoms with van der Waals surface area (Å²) in [7, 11) is -1.43. The van der Waals surface area contributed by atoms with Crippen LogP contribution in [0.25, 0.3) is 11.1 Å². The van der Waals surface area contributed by atoms with Gasteiger partial charge in [-0.05, 0) is 35.0 Å². The molecule has 0 atom stereocenters. The van der Waals surface area contributed by atoms with E-state index >= 15 is 0 Å². The Morgan fingerprint density at radius 1 is 0.950 bits per heavy atom. The fourth-order valence-electron chi connectivity index (χ4n) is 2.44. The van der Waals surface area contributed by atoms with Crippen molar-refractivity contribution >= 4 is 12.6 Å². The van der Waals surface area contributed by atoms with E-state index < -0.39 is 7.12 Å². The number of rotatable bonds is 6. The average molecular weight is 268 g/mol. The van der Waals surface area contributed by atoms with Gasteiger partial charge in [0.05, 0.1) is 0 Å². The first-order chi connectivity index (χ1) is 9.72. The molecule has 0 aliphatic rings. The van der Waals surface area contributed by atoms with Gasteiger partial charge in [-0.15, -0.1) is 0 Å². The summed E-state index contributed by atoms with van der Waals surface area (Å²) in [6, 6.07) is 15.8. The van der Waals surface area contributed by atoms with Crippen molar-refractivity contribution in [2.24, 2.45) is 0 Å². The molecule has 0 aliphatic carbocycles. The quantitative estimate of drug-likeness (QED) is 0.624. The van der Waals surface area contributed by atoms with Crippen LogP contribution >= 0.6 is 0 Å². The SMILES string of the molecule is CCCCCc1ccc(-c2ccccc2)c(B(O)O)c1. The van der Waals surface area contributed by atoms with Crippen molar-refractivity contribution in [3.05, 3.63) is 54.1 Å². The predicted octanol–water partition coefficient (Wildman–Crippen LogP) is 2.77. The molecule has 2 aromatic rings. The lowest BCUT2D eigenvalue weighted by Crippen LogP contribution is -2.32. The number of aryl methyl sites for hydroxylation is 1. The van der Waals surface area contributed by atoms with E-state index in [1.165, 1.54) is 18.4 Å². The van der Waals surface area contributed by atoms with Gasteiger partial charge >= 0.3 is 7.12 Å². The monoisotopic (exact) mass is 268 g/mol. The third kappa shape index (κ3) is 3.72. The average Bonchev–Trinajstić information content (AvgIpc) is 2.48. The second kappa shape index (κ2) is 7.27. The highest BCUT2D eigenvalue weighted by molar-refractivity contribution is 6.60. The van der Waals surface area contributed by atoms with Crippen LogP contribution in [0, 0.1) is 0 Å². The Bertz CT molecular complexity index is 538. The Kier molecular flexibility index (Phi) is 5.39. The van der Waals surface area contributed by atoms with Crippen molar-refractivity contribution in [2.75, 3.05) is 0 Å². The van der Waals surface area contributed by atoms with E-state index in [-0.39, 0.29) is 0 Å². The van der Waals surface area contributed by atoms with Crippen LogP contribution in [0.3, 0.4) is 0 Å². The van der Waals surface area contributed by atoms with Crippen LogP contribution in [0.2, 0.25) is 0 Å². The standard InChI is InChI=1S/C17H21BO2/c1-2-3-5-8-14-11-12-16(17(13-14)18(19)20)15-9-6-4-7-10-15/h4,6-7,9-13,19-20H,2-3,5,8H2,1H3. The fourth-order valence-corrected chi connectivity index (χ4v) is 2.44. The molecule has 0 unspecified atom stereocenters. The maximum absolute atomic E-state index is 9.62. The molecule has 20 heavy (non-hydrogen) atoms. The van der Waals surface area contributed by atoms with Crippen molar-refractivity contribution in [3.63, 3.8) is 0 Å². The molecule has 0 fully saturated rings. The third-order valence-electron chi connectivity index (χ3n) is 3.55. The van der Waals surface area contributed by atoms with Gasteiger partial charge in [0.15, 0.2) is 0 Å². The van der Waals surface area contributed by atoms with Gasteiger partial charge in [-0.2, -0.15) is 0 Å². The summed E-state index contributed by atoms with van der Waals surface area (Å²) < 4.78 is 0. The lowest BCUT2D eigenvalue weighted by molar-refractivity contribution is 0.426. The summed E-state index contributed by atoms with van der Waals surface area (Å²) in [4.78, 5) is 0. The second-order valence-corrected chi connectivity index (χ2v) is 5.12.